The van der Waals surface area contributed by atoms with E-state index in [4.69, 9.17) is 13.9 Å². The molecular formula is C21H23NO4. The van der Waals surface area contributed by atoms with Gasteiger partial charge in [-0.05, 0) is 49.2 Å². The highest BCUT2D eigenvalue weighted by atomic mass is 16.5. The maximum atomic E-state index is 12.2. The molecule has 1 aromatic heterocycles. The second-order valence-corrected chi connectivity index (χ2v) is 6.22. The molecule has 136 valence electrons. The lowest BCUT2D eigenvalue weighted by Gasteiger charge is -2.10. The second-order valence-electron chi connectivity index (χ2n) is 6.22. The predicted octanol–water partition coefficient (Wildman–Crippen LogP) is 3.80. The van der Waals surface area contributed by atoms with Gasteiger partial charge in [0.25, 0.3) is 0 Å². The number of fused-ring (bicyclic) bond motifs is 1. The summed E-state index contributed by atoms with van der Waals surface area (Å²) in [6.07, 6.45) is 1.94. The van der Waals surface area contributed by atoms with E-state index in [0.717, 1.165) is 16.5 Å². The van der Waals surface area contributed by atoms with Crippen LogP contribution in [0.25, 0.3) is 11.0 Å². The van der Waals surface area contributed by atoms with E-state index in [1.54, 1.807) is 13.4 Å². The van der Waals surface area contributed by atoms with E-state index in [1.807, 2.05) is 37.3 Å². The monoisotopic (exact) mass is 353 g/mol. The maximum absolute atomic E-state index is 12.2. The number of hydrogen-bond acceptors (Lipinski definition) is 4. The molecule has 1 amide bonds. The molecule has 0 unspecified atom stereocenters. The zero-order chi connectivity index (χ0) is 18.5. The molecule has 0 spiro atoms. The Kier molecular flexibility index (Phi) is 5.46. The molecular weight excluding hydrogens is 330 g/mol. The highest BCUT2D eigenvalue weighted by molar-refractivity contribution is 5.88. The molecule has 0 aliphatic rings. The lowest BCUT2D eigenvalue weighted by molar-refractivity contribution is -0.120. The summed E-state index contributed by atoms with van der Waals surface area (Å²) < 4.78 is 16.5. The molecule has 1 heterocycles. The van der Waals surface area contributed by atoms with E-state index in [-0.39, 0.29) is 12.3 Å². The van der Waals surface area contributed by atoms with Crippen LogP contribution in [0.15, 0.2) is 47.1 Å². The van der Waals surface area contributed by atoms with Gasteiger partial charge in [0.2, 0.25) is 5.91 Å². The lowest BCUT2D eigenvalue weighted by atomic mass is 10.0. The van der Waals surface area contributed by atoms with Crippen molar-refractivity contribution in [2.75, 3.05) is 20.3 Å². The minimum Gasteiger partial charge on any atom is -0.493 e. The van der Waals surface area contributed by atoms with Gasteiger partial charge in [-0.1, -0.05) is 12.1 Å². The molecule has 0 saturated heterocycles. The number of rotatable bonds is 7. The normalized spacial score (nSPS) is 10.7. The van der Waals surface area contributed by atoms with Crippen molar-refractivity contribution in [2.45, 2.75) is 20.3 Å². The van der Waals surface area contributed by atoms with Crippen LogP contribution in [0.5, 0.6) is 11.5 Å². The van der Waals surface area contributed by atoms with E-state index >= 15 is 0 Å². The lowest BCUT2D eigenvalue weighted by Crippen LogP contribution is -2.29. The van der Waals surface area contributed by atoms with Crippen LogP contribution < -0.4 is 14.8 Å². The fourth-order valence-electron chi connectivity index (χ4n) is 2.80. The third kappa shape index (κ3) is 3.99. The fourth-order valence-corrected chi connectivity index (χ4v) is 2.80. The van der Waals surface area contributed by atoms with Gasteiger partial charge in [-0.15, -0.1) is 0 Å². The third-order valence-corrected chi connectivity index (χ3v) is 4.37. The Labute approximate surface area is 152 Å². The highest BCUT2D eigenvalue weighted by Gasteiger charge is 2.11. The zero-order valence-electron chi connectivity index (χ0n) is 15.3. The Morgan fingerprint density at radius 3 is 2.62 bits per heavy atom. The number of para-hydroxylation sites is 2. The summed E-state index contributed by atoms with van der Waals surface area (Å²) in [5, 5.41) is 3.87. The highest BCUT2D eigenvalue weighted by Crippen LogP contribution is 2.26. The summed E-state index contributed by atoms with van der Waals surface area (Å²) in [7, 11) is 1.60. The number of carbonyl (C=O) groups is 1. The summed E-state index contributed by atoms with van der Waals surface area (Å²) in [4.78, 5) is 12.2. The van der Waals surface area contributed by atoms with Crippen molar-refractivity contribution in [3.8, 4) is 11.5 Å². The molecule has 5 nitrogen and oxygen atoms in total. The maximum Gasteiger partial charge on any atom is 0.224 e. The summed E-state index contributed by atoms with van der Waals surface area (Å²) in [6.45, 7) is 4.90. The van der Waals surface area contributed by atoms with Crippen LogP contribution in [-0.2, 0) is 11.2 Å². The number of ether oxygens (including phenoxy) is 2. The Morgan fingerprint density at radius 2 is 1.85 bits per heavy atom. The number of hydrogen-bond donors (Lipinski definition) is 1. The van der Waals surface area contributed by atoms with Crippen molar-refractivity contribution in [1.29, 1.82) is 0 Å². The number of benzene rings is 2. The molecule has 3 aromatic rings. The predicted molar refractivity (Wildman–Crippen MR) is 101 cm³/mol. The van der Waals surface area contributed by atoms with Gasteiger partial charge >= 0.3 is 0 Å². The molecule has 0 aliphatic heterocycles. The Balaban J connectivity index is 1.52. The van der Waals surface area contributed by atoms with Crippen LogP contribution in [0.2, 0.25) is 0 Å². The van der Waals surface area contributed by atoms with Crippen LogP contribution in [0.1, 0.15) is 16.7 Å². The molecule has 0 aliphatic carbocycles. The van der Waals surface area contributed by atoms with Gasteiger partial charge in [0.15, 0.2) is 11.5 Å². The molecule has 0 fully saturated rings. The molecule has 3 rings (SSSR count). The topological polar surface area (TPSA) is 60.7 Å². The SMILES string of the molecule is COc1ccccc1OCCNC(=O)Cc1coc2cc(C)c(C)cc12. The van der Waals surface area contributed by atoms with Crippen molar-refractivity contribution >= 4 is 16.9 Å². The van der Waals surface area contributed by atoms with Crippen LogP contribution in [0.3, 0.4) is 0 Å². The summed E-state index contributed by atoms with van der Waals surface area (Å²) >= 11 is 0. The zero-order valence-corrected chi connectivity index (χ0v) is 15.3. The summed E-state index contributed by atoms with van der Waals surface area (Å²) in [6, 6.07) is 11.5. The number of nitrogens with one attached hydrogen (secondary N) is 1. The fraction of sp³-hybridized carbons (Fsp3) is 0.286. The number of furan rings is 1. The van der Waals surface area contributed by atoms with Gasteiger partial charge in [-0.3, -0.25) is 4.79 Å². The third-order valence-electron chi connectivity index (χ3n) is 4.37. The molecule has 0 saturated carbocycles. The van der Waals surface area contributed by atoms with Crippen LogP contribution in [-0.4, -0.2) is 26.2 Å². The first kappa shape index (κ1) is 17.9. The molecule has 26 heavy (non-hydrogen) atoms. The number of carbonyl (C=O) groups excluding carboxylic acids is 1. The number of methoxy groups -OCH3 is 1. The first-order valence-corrected chi connectivity index (χ1v) is 8.58. The first-order valence-electron chi connectivity index (χ1n) is 8.58. The number of amides is 1. The van der Waals surface area contributed by atoms with E-state index in [1.165, 1.54) is 11.1 Å². The van der Waals surface area contributed by atoms with E-state index in [0.29, 0.717) is 24.7 Å². The quantitative estimate of drug-likeness (QED) is 0.657. The van der Waals surface area contributed by atoms with Gasteiger partial charge in [0, 0.05) is 10.9 Å². The van der Waals surface area contributed by atoms with Crippen LogP contribution >= 0.6 is 0 Å². The smallest absolute Gasteiger partial charge is 0.224 e. The van der Waals surface area contributed by atoms with Gasteiger partial charge in [0.05, 0.1) is 26.3 Å². The second kappa shape index (κ2) is 7.95. The Morgan fingerprint density at radius 1 is 1.12 bits per heavy atom. The van der Waals surface area contributed by atoms with Crippen molar-refractivity contribution in [3.05, 3.63) is 59.4 Å². The van der Waals surface area contributed by atoms with Crippen molar-refractivity contribution < 1.29 is 18.7 Å². The molecule has 1 N–H and O–H groups in total. The van der Waals surface area contributed by atoms with Gasteiger partial charge in [-0.25, -0.2) is 0 Å². The van der Waals surface area contributed by atoms with Crippen molar-refractivity contribution in [2.24, 2.45) is 0 Å². The molecule has 0 radical (unpaired) electrons. The molecule has 2 aromatic carbocycles. The standard InChI is InChI=1S/C21H23NO4/c1-14-10-17-16(13-26-20(17)11-15(14)2)12-21(23)22-8-9-25-19-7-5-4-6-18(19)24-3/h4-7,10-11,13H,8-9,12H2,1-3H3,(H,22,23). The Bertz CT molecular complexity index is 914. The van der Waals surface area contributed by atoms with Gasteiger partial charge < -0.3 is 19.2 Å². The van der Waals surface area contributed by atoms with Gasteiger partial charge in [-0.2, -0.15) is 0 Å². The average molecular weight is 353 g/mol. The van der Waals surface area contributed by atoms with Crippen molar-refractivity contribution in [3.63, 3.8) is 0 Å². The van der Waals surface area contributed by atoms with Crippen LogP contribution in [0.4, 0.5) is 0 Å². The molecule has 0 atom stereocenters. The first-order chi connectivity index (χ1) is 12.6. The van der Waals surface area contributed by atoms with E-state index < -0.39 is 0 Å². The molecule has 5 heteroatoms. The van der Waals surface area contributed by atoms with E-state index in [9.17, 15) is 4.79 Å². The molecule has 0 bridgehead atoms. The number of aryl methyl sites for hydroxylation is 2. The van der Waals surface area contributed by atoms with Crippen LogP contribution in [0, 0.1) is 13.8 Å². The average Bonchev–Trinajstić information content (AvgIpc) is 3.01. The van der Waals surface area contributed by atoms with Gasteiger partial charge in [0.1, 0.15) is 12.2 Å². The Hall–Kier alpha value is -2.95. The van der Waals surface area contributed by atoms with E-state index in [2.05, 4.69) is 18.3 Å². The minimum absolute atomic E-state index is 0.0606. The minimum atomic E-state index is -0.0606. The summed E-state index contributed by atoms with van der Waals surface area (Å²) in [5.74, 6) is 1.28. The van der Waals surface area contributed by atoms with Crippen molar-refractivity contribution in [1.82, 2.24) is 5.32 Å². The largest absolute Gasteiger partial charge is 0.493 e. The summed E-state index contributed by atoms with van der Waals surface area (Å²) in [5.41, 5.74) is 4.07.